The third kappa shape index (κ3) is 2.27. The van der Waals surface area contributed by atoms with Gasteiger partial charge in [0.05, 0.1) is 33.6 Å². The van der Waals surface area contributed by atoms with Gasteiger partial charge in [0.25, 0.3) is 0 Å². The number of methoxy groups -OCH3 is 3. The van der Waals surface area contributed by atoms with E-state index in [1.165, 1.54) is 0 Å². The highest BCUT2D eigenvalue weighted by Gasteiger charge is 2.18. The summed E-state index contributed by atoms with van der Waals surface area (Å²) in [5.41, 5.74) is 1.96. The molecule has 2 aromatic rings. The Balaban J connectivity index is 2.66. The molecule has 2 rings (SSSR count). The van der Waals surface area contributed by atoms with Gasteiger partial charge in [-0.3, -0.25) is 0 Å². The monoisotopic (exact) mass is 279 g/mol. The molecule has 0 fully saturated rings. The van der Waals surface area contributed by atoms with Crippen molar-refractivity contribution in [2.75, 3.05) is 21.3 Å². The molecule has 0 saturated heterocycles. The Kier molecular flexibility index (Phi) is 4.09. The zero-order chi connectivity index (χ0) is 14.7. The standard InChI is InChI=1S/C13H17N3O4/c1-16-12(9(7-17)14-15-16)8-5-10(18-2)13(20-4)11(6-8)19-3/h5-6,17H,7H2,1-4H3. The van der Waals surface area contributed by atoms with Crippen LogP contribution < -0.4 is 14.2 Å². The summed E-state index contributed by atoms with van der Waals surface area (Å²) in [5, 5.41) is 17.2. The van der Waals surface area contributed by atoms with Crippen molar-refractivity contribution in [1.82, 2.24) is 15.0 Å². The predicted molar refractivity (Wildman–Crippen MR) is 72.0 cm³/mol. The van der Waals surface area contributed by atoms with Crippen LogP contribution in [0.15, 0.2) is 12.1 Å². The third-order valence-corrected chi connectivity index (χ3v) is 2.98. The van der Waals surface area contributed by atoms with Gasteiger partial charge in [0, 0.05) is 12.6 Å². The van der Waals surface area contributed by atoms with Gasteiger partial charge < -0.3 is 19.3 Å². The van der Waals surface area contributed by atoms with Crippen LogP contribution in [-0.4, -0.2) is 41.4 Å². The molecule has 1 aromatic carbocycles. The maximum Gasteiger partial charge on any atom is 0.203 e. The molecule has 0 radical (unpaired) electrons. The van der Waals surface area contributed by atoms with E-state index in [0.29, 0.717) is 28.6 Å². The summed E-state index contributed by atoms with van der Waals surface area (Å²) < 4.78 is 17.5. The molecule has 1 N–H and O–H groups in total. The summed E-state index contributed by atoms with van der Waals surface area (Å²) in [5.74, 6) is 1.58. The Morgan fingerprint density at radius 3 is 2.15 bits per heavy atom. The van der Waals surface area contributed by atoms with Gasteiger partial charge in [-0.25, -0.2) is 4.68 Å². The van der Waals surface area contributed by atoms with E-state index in [0.717, 1.165) is 5.56 Å². The number of aliphatic hydroxyl groups excluding tert-OH is 1. The molecule has 20 heavy (non-hydrogen) atoms. The molecular weight excluding hydrogens is 262 g/mol. The second kappa shape index (κ2) is 5.79. The Bertz CT molecular complexity index is 585. The number of hydrogen-bond acceptors (Lipinski definition) is 6. The molecule has 0 bridgehead atoms. The van der Waals surface area contributed by atoms with Crippen LogP contribution in [0.3, 0.4) is 0 Å². The summed E-state index contributed by atoms with van der Waals surface area (Å²) >= 11 is 0. The fourth-order valence-electron chi connectivity index (χ4n) is 2.08. The summed E-state index contributed by atoms with van der Waals surface area (Å²) in [7, 11) is 6.40. The van der Waals surface area contributed by atoms with Gasteiger partial charge in [-0.05, 0) is 12.1 Å². The lowest BCUT2D eigenvalue weighted by Gasteiger charge is -2.14. The van der Waals surface area contributed by atoms with E-state index in [1.54, 1.807) is 45.2 Å². The van der Waals surface area contributed by atoms with Gasteiger partial charge in [-0.15, -0.1) is 5.10 Å². The molecule has 0 aliphatic heterocycles. The van der Waals surface area contributed by atoms with Crippen molar-refractivity contribution in [2.24, 2.45) is 7.05 Å². The van der Waals surface area contributed by atoms with Crippen molar-refractivity contribution in [3.8, 4) is 28.5 Å². The average molecular weight is 279 g/mol. The molecule has 0 aliphatic rings. The second-order valence-corrected chi connectivity index (χ2v) is 4.08. The minimum atomic E-state index is -0.195. The van der Waals surface area contributed by atoms with Gasteiger partial charge in [-0.2, -0.15) is 0 Å². The first-order valence-corrected chi connectivity index (χ1v) is 5.96. The Hall–Kier alpha value is -2.28. The van der Waals surface area contributed by atoms with Gasteiger partial charge in [-0.1, -0.05) is 5.21 Å². The Labute approximate surface area is 116 Å². The maximum atomic E-state index is 9.34. The van der Waals surface area contributed by atoms with Crippen LogP contribution in [0.2, 0.25) is 0 Å². The number of hydrogen-bond donors (Lipinski definition) is 1. The molecule has 1 heterocycles. The van der Waals surface area contributed by atoms with E-state index in [-0.39, 0.29) is 6.61 Å². The lowest BCUT2D eigenvalue weighted by atomic mass is 10.1. The fourth-order valence-corrected chi connectivity index (χ4v) is 2.08. The average Bonchev–Trinajstić information content (AvgIpc) is 2.86. The van der Waals surface area contributed by atoms with Crippen LogP contribution in [0.25, 0.3) is 11.3 Å². The molecule has 0 saturated carbocycles. The van der Waals surface area contributed by atoms with Gasteiger partial charge >= 0.3 is 0 Å². The summed E-state index contributed by atoms with van der Waals surface area (Å²) in [6, 6.07) is 3.58. The first-order chi connectivity index (χ1) is 9.65. The number of benzene rings is 1. The normalized spacial score (nSPS) is 10.4. The van der Waals surface area contributed by atoms with Crippen molar-refractivity contribution < 1.29 is 19.3 Å². The molecule has 108 valence electrons. The molecule has 0 unspecified atom stereocenters. The lowest BCUT2D eigenvalue weighted by Crippen LogP contribution is -1.99. The number of aromatic nitrogens is 3. The second-order valence-electron chi connectivity index (χ2n) is 4.08. The van der Waals surface area contributed by atoms with Crippen LogP contribution in [0.1, 0.15) is 5.69 Å². The molecule has 7 nitrogen and oxygen atoms in total. The highest BCUT2D eigenvalue weighted by atomic mass is 16.5. The number of rotatable bonds is 5. The van der Waals surface area contributed by atoms with Crippen molar-refractivity contribution in [1.29, 1.82) is 0 Å². The largest absolute Gasteiger partial charge is 0.493 e. The zero-order valence-corrected chi connectivity index (χ0v) is 11.9. The number of ether oxygens (including phenoxy) is 3. The third-order valence-electron chi connectivity index (χ3n) is 2.98. The van der Waals surface area contributed by atoms with Gasteiger partial charge in [0.15, 0.2) is 11.5 Å². The summed E-state index contributed by atoms with van der Waals surface area (Å²) in [6.07, 6.45) is 0. The van der Waals surface area contributed by atoms with Gasteiger partial charge in [0.2, 0.25) is 5.75 Å². The Morgan fingerprint density at radius 1 is 1.10 bits per heavy atom. The van der Waals surface area contributed by atoms with Crippen LogP contribution >= 0.6 is 0 Å². The zero-order valence-electron chi connectivity index (χ0n) is 11.9. The molecule has 7 heteroatoms. The lowest BCUT2D eigenvalue weighted by molar-refractivity contribution is 0.277. The first-order valence-electron chi connectivity index (χ1n) is 5.96. The molecule has 0 aliphatic carbocycles. The van der Waals surface area contributed by atoms with E-state index in [4.69, 9.17) is 14.2 Å². The van der Waals surface area contributed by atoms with E-state index < -0.39 is 0 Å². The number of aliphatic hydroxyl groups is 1. The first kappa shape index (κ1) is 14.1. The van der Waals surface area contributed by atoms with Crippen molar-refractivity contribution in [2.45, 2.75) is 6.61 Å². The SMILES string of the molecule is COc1cc(-c2c(CO)nnn2C)cc(OC)c1OC. The van der Waals surface area contributed by atoms with Crippen LogP contribution in [0, 0.1) is 0 Å². The highest BCUT2D eigenvalue weighted by molar-refractivity contribution is 5.70. The summed E-state index contributed by atoms with van der Waals surface area (Å²) in [6.45, 7) is -0.195. The van der Waals surface area contributed by atoms with E-state index in [9.17, 15) is 5.11 Å². The smallest absolute Gasteiger partial charge is 0.203 e. The van der Waals surface area contributed by atoms with Gasteiger partial charge in [0.1, 0.15) is 5.69 Å². The molecule has 0 atom stereocenters. The number of aryl methyl sites for hydroxylation is 1. The maximum absolute atomic E-state index is 9.34. The molecule has 0 spiro atoms. The fraction of sp³-hybridized carbons (Fsp3) is 0.385. The molecule has 0 amide bonds. The minimum Gasteiger partial charge on any atom is -0.493 e. The van der Waals surface area contributed by atoms with Crippen molar-refractivity contribution >= 4 is 0 Å². The number of nitrogens with zero attached hydrogens (tertiary/aromatic N) is 3. The van der Waals surface area contributed by atoms with E-state index in [1.807, 2.05) is 0 Å². The predicted octanol–water partition coefficient (Wildman–Crippen LogP) is 1.00. The Morgan fingerprint density at radius 2 is 1.70 bits per heavy atom. The molecule has 1 aromatic heterocycles. The quantitative estimate of drug-likeness (QED) is 0.879. The van der Waals surface area contributed by atoms with Crippen molar-refractivity contribution in [3.05, 3.63) is 17.8 Å². The summed E-state index contributed by atoms with van der Waals surface area (Å²) in [4.78, 5) is 0. The van der Waals surface area contributed by atoms with Crippen LogP contribution in [0.4, 0.5) is 0 Å². The van der Waals surface area contributed by atoms with E-state index >= 15 is 0 Å². The highest BCUT2D eigenvalue weighted by Crippen LogP contribution is 2.41. The van der Waals surface area contributed by atoms with Crippen LogP contribution in [-0.2, 0) is 13.7 Å². The van der Waals surface area contributed by atoms with E-state index in [2.05, 4.69) is 10.3 Å². The molecular formula is C13H17N3O4. The van der Waals surface area contributed by atoms with Crippen LogP contribution in [0.5, 0.6) is 17.2 Å². The van der Waals surface area contributed by atoms with Crippen molar-refractivity contribution in [3.63, 3.8) is 0 Å². The minimum absolute atomic E-state index is 0.195. The topological polar surface area (TPSA) is 78.6 Å².